The van der Waals surface area contributed by atoms with Crippen LogP contribution in [0.1, 0.15) is 31.9 Å². The molecular weight excluding hydrogens is 228 g/mol. The number of carbonyl (C=O) groups is 2. The highest BCUT2D eigenvalue weighted by atomic mass is 16.2. The predicted octanol–water partition coefficient (Wildman–Crippen LogP) is 1.87. The van der Waals surface area contributed by atoms with Crippen molar-refractivity contribution in [1.29, 1.82) is 0 Å². The molecule has 1 aliphatic rings. The molecule has 1 N–H and O–H groups in total. The fourth-order valence-corrected chi connectivity index (χ4v) is 2.15. The number of nitrogens with one attached hydrogen (secondary N) is 1. The van der Waals surface area contributed by atoms with E-state index in [1.807, 2.05) is 32.2 Å². The fraction of sp³-hybridized carbons (Fsp3) is 0.429. The first-order chi connectivity index (χ1) is 8.54. The molecule has 0 spiro atoms. The van der Waals surface area contributed by atoms with Crippen molar-refractivity contribution in [3.63, 3.8) is 0 Å². The average molecular weight is 246 g/mol. The van der Waals surface area contributed by atoms with E-state index in [9.17, 15) is 9.59 Å². The second-order valence-corrected chi connectivity index (χ2v) is 4.78. The first kappa shape index (κ1) is 12.8. The van der Waals surface area contributed by atoms with Gasteiger partial charge in [0.15, 0.2) is 0 Å². The second-order valence-electron chi connectivity index (χ2n) is 4.78. The second kappa shape index (κ2) is 4.90. The van der Waals surface area contributed by atoms with Crippen LogP contribution in [-0.2, 0) is 9.59 Å². The number of hydrogen-bond donors (Lipinski definition) is 1. The molecule has 1 aliphatic heterocycles. The highest BCUT2D eigenvalue weighted by Gasteiger charge is 2.36. The predicted molar refractivity (Wildman–Crippen MR) is 70.2 cm³/mol. The Hall–Kier alpha value is -1.68. The van der Waals surface area contributed by atoms with Crippen molar-refractivity contribution in [2.45, 2.75) is 26.3 Å². The maximum Gasteiger partial charge on any atom is 0.237 e. The molecule has 1 aromatic rings. The Morgan fingerprint density at radius 3 is 2.67 bits per heavy atom. The lowest BCUT2D eigenvalue weighted by Crippen LogP contribution is -2.30. The number of amides is 2. The Balaban J connectivity index is 2.34. The summed E-state index contributed by atoms with van der Waals surface area (Å²) < 4.78 is 0. The molecular formula is C14H18N2O2. The first-order valence-electron chi connectivity index (χ1n) is 6.18. The Morgan fingerprint density at radius 2 is 2.11 bits per heavy atom. The van der Waals surface area contributed by atoms with Gasteiger partial charge in [0.25, 0.3) is 0 Å². The summed E-state index contributed by atoms with van der Waals surface area (Å²) in [4.78, 5) is 25.1. The van der Waals surface area contributed by atoms with Crippen molar-refractivity contribution >= 4 is 17.5 Å². The summed E-state index contributed by atoms with van der Waals surface area (Å²) in [7, 11) is 1.88. The van der Waals surface area contributed by atoms with Crippen molar-refractivity contribution < 1.29 is 9.59 Å². The van der Waals surface area contributed by atoms with E-state index in [1.165, 1.54) is 4.90 Å². The molecule has 0 aliphatic carbocycles. The van der Waals surface area contributed by atoms with Gasteiger partial charge in [0.1, 0.15) is 0 Å². The van der Waals surface area contributed by atoms with Crippen LogP contribution in [0.4, 0.5) is 5.69 Å². The largest absolute Gasteiger partial charge is 0.313 e. The lowest BCUT2D eigenvalue weighted by Gasteiger charge is -2.17. The molecule has 0 bridgehead atoms. The maximum atomic E-state index is 12.0. The number of hydrogen-bond acceptors (Lipinski definition) is 3. The maximum absolute atomic E-state index is 12.0. The van der Waals surface area contributed by atoms with E-state index in [-0.39, 0.29) is 23.8 Å². The van der Waals surface area contributed by atoms with Crippen LogP contribution in [0.25, 0.3) is 0 Å². The Labute approximate surface area is 107 Å². The average Bonchev–Trinajstić information content (AvgIpc) is 2.62. The smallest absolute Gasteiger partial charge is 0.237 e. The molecule has 0 saturated carbocycles. The molecule has 4 heteroatoms. The van der Waals surface area contributed by atoms with Crippen molar-refractivity contribution in [2.75, 3.05) is 11.9 Å². The number of imide groups is 1. The third-order valence-corrected chi connectivity index (χ3v) is 3.43. The molecule has 1 saturated heterocycles. The third-order valence-electron chi connectivity index (χ3n) is 3.43. The summed E-state index contributed by atoms with van der Waals surface area (Å²) in [5.41, 5.74) is 1.74. The molecule has 2 amide bonds. The molecule has 0 aromatic heterocycles. The monoisotopic (exact) mass is 246 g/mol. The van der Waals surface area contributed by atoms with Crippen molar-refractivity contribution in [3.05, 3.63) is 29.8 Å². The molecule has 0 radical (unpaired) electrons. The minimum absolute atomic E-state index is 0.103. The van der Waals surface area contributed by atoms with Crippen molar-refractivity contribution in [1.82, 2.24) is 5.32 Å². The van der Waals surface area contributed by atoms with Crippen LogP contribution in [0.3, 0.4) is 0 Å². The van der Waals surface area contributed by atoms with Crippen LogP contribution in [-0.4, -0.2) is 18.9 Å². The van der Waals surface area contributed by atoms with Crippen LogP contribution >= 0.6 is 0 Å². The molecule has 18 heavy (non-hydrogen) atoms. The number of carbonyl (C=O) groups excluding carboxylic acids is 2. The van der Waals surface area contributed by atoms with E-state index in [4.69, 9.17) is 0 Å². The third kappa shape index (κ3) is 2.16. The van der Waals surface area contributed by atoms with Crippen LogP contribution in [0, 0.1) is 5.92 Å². The summed E-state index contributed by atoms with van der Waals surface area (Å²) in [6, 6.07) is 7.76. The van der Waals surface area contributed by atoms with Gasteiger partial charge in [-0.1, -0.05) is 19.1 Å². The molecule has 1 heterocycles. The van der Waals surface area contributed by atoms with E-state index < -0.39 is 0 Å². The van der Waals surface area contributed by atoms with Gasteiger partial charge in [0.2, 0.25) is 11.8 Å². The minimum Gasteiger partial charge on any atom is -0.313 e. The van der Waals surface area contributed by atoms with Crippen LogP contribution in [0.15, 0.2) is 24.3 Å². The van der Waals surface area contributed by atoms with Gasteiger partial charge in [0.05, 0.1) is 5.69 Å². The number of anilines is 1. The molecule has 1 fully saturated rings. The van der Waals surface area contributed by atoms with Gasteiger partial charge in [-0.2, -0.15) is 0 Å². The summed E-state index contributed by atoms with van der Waals surface area (Å²) in [5, 5.41) is 3.14. The Bertz CT molecular complexity index is 484. The number of rotatable bonds is 3. The number of benzene rings is 1. The molecule has 1 aromatic carbocycles. The van der Waals surface area contributed by atoms with Crippen molar-refractivity contribution in [3.8, 4) is 0 Å². The molecule has 2 unspecified atom stereocenters. The highest BCUT2D eigenvalue weighted by Crippen LogP contribution is 2.27. The molecule has 2 rings (SSSR count). The summed E-state index contributed by atoms with van der Waals surface area (Å²) in [5.74, 6) is -0.418. The van der Waals surface area contributed by atoms with Gasteiger partial charge in [-0.05, 0) is 31.7 Å². The van der Waals surface area contributed by atoms with Crippen LogP contribution < -0.4 is 10.2 Å². The number of nitrogens with zero attached hydrogens (tertiary/aromatic N) is 1. The summed E-state index contributed by atoms with van der Waals surface area (Å²) in [6.07, 6.45) is 0.310. The van der Waals surface area contributed by atoms with Gasteiger partial charge < -0.3 is 5.32 Å². The normalized spacial score (nSPS) is 21.5. The van der Waals surface area contributed by atoms with E-state index in [1.54, 1.807) is 13.0 Å². The topological polar surface area (TPSA) is 49.4 Å². The zero-order chi connectivity index (χ0) is 13.3. The van der Waals surface area contributed by atoms with Crippen LogP contribution in [0.2, 0.25) is 0 Å². The summed E-state index contributed by atoms with van der Waals surface area (Å²) >= 11 is 0. The van der Waals surface area contributed by atoms with E-state index in [0.717, 1.165) is 5.56 Å². The zero-order valence-corrected chi connectivity index (χ0v) is 10.9. The van der Waals surface area contributed by atoms with Crippen molar-refractivity contribution in [2.24, 2.45) is 5.92 Å². The van der Waals surface area contributed by atoms with Gasteiger partial charge >= 0.3 is 0 Å². The first-order valence-corrected chi connectivity index (χ1v) is 6.18. The van der Waals surface area contributed by atoms with Gasteiger partial charge in [-0.25, -0.2) is 0 Å². The van der Waals surface area contributed by atoms with Gasteiger partial charge in [-0.15, -0.1) is 0 Å². The molecule has 96 valence electrons. The molecule has 4 nitrogen and oxygen atoms in total. The van der Waals surface area contributed by atoms with Gasteiger partial charge in [-0.3, -0.25) is 14.5 Å². The van der Waals surface area contributed by atoms with Gasteiger partial charge in [0, 0.05) is 18.4 Å². The van der Waals surface area contributed by atoms with Crippen LogP contribution in [0.5, 0.6) is 0 Å². The van der Waals surface area contributed by atoms with E-state index in [2.05, 4.69) is 5.32 Å². The quantitative estimate of drug-likeness (QED) is 0.828. The minimum atomic E-state index is -0.206. The summed E-state index contributed by atoms with van der Waals surface area (Å²) in [6.45, 7) is 3.83. The lowest BCUT2D eigenvalue weighted by molar-refractivity contribution is -0.122. The Morgan fingerprint density at radius 1 is 1.39 bits per heavy atom. The lowest BCUT2D eigenvalue weighted by atomic mass is 10.1. The Kier molecular flexibility index (Phi) is 3.48. The van der Waals surface area contributed by atoms with E-state index >= 15 is 0 Å². The highest BCUT2D eigenvalue weighted by molar-refractivity contribution is 6.20. The SMILES string of the molecule is CNC(C)c1cccc(N2C(=O)CC(C)C2=O)c1. The van der Waals surface area contributed by atoms with E-state index in [0.29, 0.717) is 12.1 Å². The fourth-order valence-electron chi connectivity index (χ4n) is 2.15. The molecule has 2 atom stereocenters. The zero-order valence-electron chi connectivity index (χ0n) is 10.9. The standard InChI is InChI=1S/C14H18N2O2/c1-9-7-13(17)16(14(9)18)12-6-4-5-11(8-12)10(2)15-3/h4-6,8-10,15H,7H2,1-3H3.